The highest BCUT2D eigenvalue weighted by atomic mass is 79.9. The van der Waals surface area contributed by atoms with Crippen molar-refractivity contribution in [2.24, 2.45) is 11.7 Å². The van der Waals surface area contributed by atoms with Gasteiger partial charge in [-0.25, -0.2) is 9.37 Å². The highest BCUT2D eigenvalue weighted by molar-refractivity contribution is 9.10. The van der Waals surface area contributed by atoms with Gasteiger partial charge in [0.1, 0.15) is 58.9 Å². The summed E-state index contributed by atoms with van der Waals surface area (Å²) in [7, 11) is 0. The number of rotatable bonds is 10. The van der Waals surface area contributed by atoms with E-state index < -0.39 is 60.5 Å². The van der Waals surface area contributed by atoms with Gasteiger partial charge in [-0.15, -0.1) is 0 Å². The Hall–Kier alpha value is -3.99. The number of alkyl halides is 1. The lowest BCUT2D eigenvalue weighted by Crippen LogP contribution is -2.44. The van der Waals surface area contributed by atoms with E-state index in [2.05, 4.69) is 31.3 Å². The zero-order valence-corrected chi connectivity index (χ0v) is 28.1. The van der Waals surface area contributed by atoms with Gasteiger partial charge >= 0.3 is 5.97 Å². The number of halogens is 2. The predicted molar refractivity (Wildman–Crippen MR) is 172 cm³/mol. The van der Waals surface area contributed by atoms with E-state index in [-0.39, 0.29) is 55.9 Å². The largest absolute Gasteiger partial charge is 0.485 e. The third-order valence-corrected chi connectivity index (χ3v) is 9.13. The maximum absolute atomic E-state index is 14.6. The molecule has 7 atom stereocenters. The van der Waals surface area contributed by atoms with E-state index in [0.717, 1.165) is 0 Å². The SMILES string of the molecule is CC(=O)c1nn(CC(=O)N2C[C@H](F)C[C@H]2C(=O)Nc2cccc(Br)n2)c2ccc(O[C@@H]3CO[C@H]4[C@@H]3OC[C@H]4OC(=O)[C@@H](N)C(C)C)cc12. The van der Waals surface area contributed by atoms with Gasteiger partial charge in [-0.1, -0.05) is 19.9 Å². The first-order chi connectivity index (χ1) is 22.9. The molecule has 3 aliphatic heterocycles. The minimum Gasteiger partial charge on any atom is -0.485 e. The monoisotopic (exact) mass is 730 g/mol. The minimum atomic E-state index is -1.38. The van der Waals surface area contributed by atoms with Crippen LogP contribution in [-0.2, 0) is 35.1 Å². The Labute approximate surface area is 283 Å². The fraction of sp³-hybridized carbons (Fsp3) is 0.500. The molecule has 6 rings (SSSR count). The molecule has 0 aliphatic carbocycles. The molecule has 3 fully saturated rings. The summed E-state index contributed by atoms with van der Waals surface area (Å²) in [5.74, 6) is -1.35. The van der Waals surface area contributed by atoms with Crippen molar-refractivity contribution >= 4 is 56.2 Å². The number of esters is 1. The van der Waals surface area contributed by atoms with Crippen molar-refractivity contribution in [3.05, 3.63) is 46.7 Å². The number of pyridine rings is 1. The number of Topliss-reactive ketones (excluding diaryl/α,β-unsaturated/α-hetero) is 1. The molecule has 14 nitrogen and oxygen atoms in total. The fourth-order valence-corrected chi connectivity index (χ4v) is 6.48. The number of ether oxygens (including phenoxy) is 4. The van der Waals surface area contributed by atoms with Crippen LogP contribution < -0.4 is 15.8 Å². The number of anilines is 1. The molecule has 0 bridgehead atoms. The second-order valence-electron chi connectivity index (χ2n) is 12.5. The van der Waals surface area contributed by atoms with Gasteiger partial charge in [0.25, 0.3) is 0 Å². The quantitative estimate of drug-likeness (QED) is 0.178. The van der Waals surface area contributed by atoms with Gasteiger partial charge < -0.3 is 34.9 Å². The van der Waals surface area contributed by atoms with E-state index in [4.69, 9.17) is 24.7 Å². The van der Waals surface area contributed by atoms with Crippen LogP contribution in [0.3, 0.4) is 0 Å². The second-order valence-corrected chi connectivity index (χ2v) is 13.3. The third-order valence-electron chi connectivity index (χ3n) is 8.69. The molecule has 3 aromatic rings. The summed E-state index contributed by atoms with van der Waals surface area (Å²) >= 11 is 3.24. The first-order valence-corrected chi connectivity index (χ1v) is 16.4. The Morgan fingerprint density at radius 1 is 1.12 bits per heavy atom. The van der Waals surface area contributed by atoms with Crippen LogP contribution in [0.2, 0.25) is 0 Å². The van der Waals surface area contributed by atoms with Crippen molar-refractivity contribution in [3.8, 4) is 5.75 Å². The Bertz CT molecular complexity index is 1740. The Balaban J connectivity index is 1.15. The van der Waals surface area contributed by atoms with Gasteiger partial charge in [-0.05, 0) is 52.2 Å². The molecular formula is C32H36BrFN6O8. The lowest BCUT2D eigenvalue weighted by Gasteiger charge is -2.23. The molecule has 0 radical (unpaired) electrons. The highest BCUT2D eigenvalue weighted by Gasteiger charge is 2.51. The Kier molecular flexibility index (Phi) is 9.79. The molecule has 1 aromatic carbocycles. The first kappa shape index (κ1) is 33.9. The smallest absolute Gasteiger partial charge is 0.323 e. The number of likely N-dealkylation sites (tertiary alicyclic amines) is 1. The van der Waals surface area contributed by atoms with Crippen molar-refractivity contribution in [2.75, 3.05) is 25.1 Å². The fourth-order valence-electron chi connectivity index (χ4n) is 6.13. The molecule has 3 N–H and O–H groups in total. The molecule has 3 aliphatic rings. The number of amides is 2. The average Bonchev–Trinajstić information content (AvgIpc) is 3.81. The molecule has 2 aromatic heterocycles. The molecule has 0 unspecified atom stereocenters. The number of fused-ring (bicyclic) bond motifs is 2. The number of carbonyl (C=O) groups is 4. The van der Waals surface area contributed by atoms with Crippen molar-refractivity contribution in [2.45, 2.75) is 76.4 Å². The van der Waals surface area contributed by atoms with Crippen LogP contribution in [0.4, 0.5) is 10.2 Å². The number of nitrogens with two attached hydrogens (primary N) is 1. The van der Waals surface area contributed by atoms with E-state index in [1.54, 1.807) is 36.4 Å². The number of carbonyl (C=O) groups excluding carboxylic acids is 4. The zero-order chi connectivity index (χ0) is 34.3. The number of nitrogens with one attached hydrogen (secondary N) is 1. The summed E-state index contributed by atoms with van der Waals surface area (Å²) < 4.78 is 40.0. The van der Waals surface area contributed by atoms with Gasteiger partial charge in [-0.3, -0.25) is 23.9 Å². The Morgan fingerprint density at radius 2 is 1.85 bits per heavy atom. The topological polar surface area (TPSA) is 177 Å². The number of hydrogen-bond acceptors (Lipinski definition) is 11. The summed E-state index contributed by atoms with van der Waals surface area (Å²) in [5, 5.41) is 7.50. The summed E-state index contributed by atoms with van der Waals surface area (Å²) in [6.45, 7) is 4.77. The van der Waals surface area contributed by atoms with Gasteiger partial charge in [0, 0.05) is 18.7 Å². The number of aromatic nitrogens is 3. The second kappa shape index (κ2) is 13.9. The predicted octanol–water partition coefficient (Wildman–Crippen LogP) is 2.41. The van der Waals surface area contributed by atoms with E-state index in [9.17, 15) is 23.6 Å². The van der Waals surface area contributed by atoms with Gasteiger partial charge in [0.2, 0.25) is 11.8 Å². The summed E-state index contributed by atoms with van der Waals surface area (Å²) in [4.78, 5) is 56.9. The van der Waals surface area contributed by atoms with E-state index >= 15 is 0 Å². The molecule has 5 heterocycles. The van der Waals surface area contributed by atoms with E-state index in [1.165, 1.54) is 16.5 Å². The molecule has 0 spiro atoms. The van der Waals surface area contributed by atoms with E-state index in [1.807, 2.05) is 13.8 Å². The van der Waals surface area contributed by atoms with E-state index in [0.29, 0.717) is 21.3 Å². The van der Waals surface area contributed by atoms with Crippen LogP contribution in [0.1, 0.15) is 37.7 Å². The lowest BCUT2D eigenvalue weighted by molar-refractivity contribution is -0.156. The maximum Gasteiger partial charge on any atom is 0.323 e. The van der Waals surface area contributed by atoms with Crippen molar-refractivity contribution in [1.82, 2.24) is 19.7 Å². The normalized spacial score (nSPS) is 25.7. The third kappa shape index (κ3) is 6.92. The molecular weight excluding hydrogens is 695 g/mol. The summed E-state index contributed by atoms with van der Waals surface area (Å²) in [6.07, 6.45) is -3.69. The number of hydrogen-bond donors (Lipinski definition) is 2. The molecule has 16 heteroatoms. The first-order valence-electron chi connectivity index (χ1n) is 15.6. The van der Waals surface area contributed by atoms with Crippen LogP contribution in [0.15, 0.2) is 41.0 Å². The lowest BCUT2D eigenvalue weighted by atomic mass is 10.1. The van der Waals surface area contributed by atoms with Gasteiger partial charge in [-0.2, -0.15) is 5.10 Å². The molecule has 256 valence electrons. The minimum absolute atomic E-state index is 0.0830. The number of ketones is 1. The van der Waals surface area contributed by atoms with Crippen molar-refractivity contribution in [3.63, 3.8) is 0 Å². The molecule has 2 amide bonds. The van der Waals surface area contributed by atoms with Crippen molar-refractivity contribution < 1.29 is 42.5 Å². The number of nitrogens with zero attached hydrogens (tertiary/aromatic N) is 4. The molecule has 0 saturated carbocycles. The molecule has 48 heavy (non-hydrogen) atoms. The van der Waals surface area contributed by atoms with Crippen LogP contribution in [-0.4, -0.2) is 106 Å². The Morgan fingerprint density at radius 3 is 2.56 bits per heavy atom. The number of benzene rings is 1. The van der Waals surface area contributed by atoms with Gasteiger partial charge in [0.05, 0.1) is 25.3 Å². The van der Waals surface area contributed by atoms with Gasteiger partial charge in [0.15, 0.2) is 18.0 Å². The van der Waals surface area contributed by atoms with Crippen LogP contribution in [0, 0.1) is 5.92 Å². The molecule has 3 saturated heterocycles. The van der Waals surface area contributed by atoms with Crippen LogP contribution in [0.5, 0.6) is 5.75 Å². The van der Waals surface area contributed by atoms with Crippen LogP contribution in [0.25, 0.3) is 10.9 Å². The summed E-state index contributed by atoms with van der Waals surface area (Å²) in [6, 6.07) is 8.16. The standard InChI is InChI=1S/C32H36BrFN6O8/c1-15(2)27(35)32(44)48-23-14-46-29-22(13-45-30(23)29)47-18-7-8-20-19(10-18)28(16(3)41)38-40(20)12-26(42)39-11-17(34)9-21(39)31(43)37-25-6-4-5-24(33)36-25/h4-8,10,15,17,21-23,27,29-30H,9,11-14,35H2,1-3H3,(H,36,37,43)/t17-,21+,22-,23-,27+,29-,30-/m1/s1. The summed E-state index contributed by atoms with van der Waals surface area (Å²) in [5.41, 5.74) is 6.52. The maximum atomic E-state index is 14.6. The van der Waals surface area contributed by atoms with Crippen molar-refractivity contribution in [1.29, 1.82) is 0 Å². The zero-order valence-electron chi connectivity index (χ0n) is 26.5. The average molecular weight is 732 g/mol. The highest BCUT2D eigenvalue weighted by Crippen LogP contribution is 2.33. The van der Waals surface area contributed by atoms with Crippen LogP contribution >= 0.6 is 15.9 Å².